The molecule has 1 N–H and O–H groups in total. The van der Waals surface area contributed by atoms with Crippen molar-refractivity contribution in [2.24, 2.45) is 0 Å². The van der Waals surface area contributed by atoms with Crippen molar-refractivity contribution in [2.45, 2.75) is 11.9 Å². The van der Waals surface area contributed by atoms with Crippen molar-refractivity contribution < 1.29 is 14.3 Å². The van der Waals surface area contributed by atoms with E-state index < -0.39 is 0 Å². The molecule has 0 saturated carbocycles. The molecule has 26 heavy (non-hydrogen) atoms. The molecule has 0 radical (unpaired) electrons. The van der Waals surface area contributed by atoms with Crippen LogP contribution in [-0.2, 0) is 11.3 Å². The van der Waals surface area contributed by atoms with Gasteiger partial charge in [-0.3, -0.25) is 4.79 Å². The van der Waals surface area contributed by atoms with Gasteiger partial charge in [0.05, 0.1) is 25.5 Å². The fourth-order valence-electron chi connectivity index (χ4n) is 3.43. The third-order valence-electron chi connectivity index (χ3n) is 4.70. The summed E-state index contributed by atoms with van der Waals surface area (Å²) in [6, 6.07) is 13.8. The van der Waals surface area contributed by atoms with Crippen molar-refractivity contribution in [3.05, 3.63) is 59.8 Å². The molecule has 1 aliphatic rings. The number of nitrogens with zero attached hydrogens (tertiary/aromatic N) is 1. The lowest BCUT2D eigenvalue weighted by atomic mass is 10.1. The van der Waals surface area contributed by atoms with Crippen LogP contribution in [-0.4, -0.2) is 35.8 Å². The van der Waals surface area contributed by atoms with Gasteiger partial charge in [0.1, 0.15) is 16.9 Å². The van der Waals surface area contributed by atoms with Crippen LogP contribution in [0.25, 0.3) is 10.9 Å². The molecular weight excluding hydrogens is 348 g/mol. The van der Waals surface area contributed by atoms with Gasteiger partial charge in [-0.2, -0.15) is 0 Å². The average molecular weight is 368 g/mol. The van der Waals surface area contributed by atoms with E-state index in [1.165, 1.54) is 0 Å². The predicted molar refractivity (Wildman–Crippen MR) is 104 cm³/mol. The SMILES string of the molecule is COc1cccc(OC)c1C1SCC(=O)N1Cc1c[nH]c2ccccc12. The first-order valence-corrected chi connectivity index (χ1v) is 9.44. The van der Waals surface area contributed by atoms with Crippen LogP contribution in [0.15, 0.2) is 48.7 Å². The summed E-state index contributed by atoms with van der Waals surface area (Å²) in [5.41, 5.74) is 3.09. The maximum Gasteiger partial charge on any atom is 0.234 e. The molecule has 0 spiro atoms. The first-order chi connectivity index (χ1) is 12.7. The molecular formula is C20H20N2O3S. The van der Waals surface area contributed by atoms with E-state index in [0.717, 1.165) is 33.5 Å². The average Bonchev–Trinajstić information content (AvgIpc) is 3.25. The molecule has 4 rings (SSSR count). The van der Waals surface area contributed by atoms with Crippen molar-refractivity contribution in [2.75, 3.05) is 20.0 Å². The van der Waals surface area contributed by atoms with Crippen LogP contribution in [0, 0.1) is 0 Å². The Hall–Kier alpha value is -2.60. The van der Waals surface area contributed by atoms with E-state index in [1.54, 1.807) is 26.0 Å². The number of carbonyl (C=O) groups excluding carboxylic acids is 1. The quantitative estimate of drug-likeness (QED) is 0.741. The Bertz CT molecular complexity index is 931. The summed E-state index contributed by atoms with van der Waals surface area (Å²) in [6.45, 7) is 0.543. The summed E-state index contributed by atoms with van der Waals surface area (Å²) in [6.07, 6.45) is 1.98. The van der Waals surface area contributed by atoms with E-state index in [2.05, 4.69) is 11.1 Å². The largest absolute Gasteiger partial charge is 0.496 e. The highest BCUT2D eigenvalue weighted by Crippen LogP contribution is 2.47. The van der Waals surface area contributed by atoms with Crippen molar-refractivity contribution in [3.63, 3.8) is 0 Å². The first kappa shape index (κ1) is 16.8. The van der Waals surface area contributed by atoms with Crippen LogP contribution in [0.4, 0.5) is 0 Å². The highest BCUT2D eigenvalue weighted by molar-refractivity contribution is 8.00. The molecule has 5 nitrogen and oxygen atoms in total. The molecule has 0 bridgehead atoms. The van der Waals surface area contributed by atoms with Gasteiger partial charge >= 0.3 is 0 Å². The molecule has 6 heteroatoms. The molecule has 2 aromatic carbocycles. The van der Waals surface area contributed by atoms with Crippen LogP contribution in [0.2, 0.25) is 0 Å². The number of amides is 1. The van der Waals surface area contributed by atoms with Gasteiger partial charge in [-0.05, 0) is 23.8 Å². The molecule has 3 aromatic rings. The minimum atomic E-state index is -0.137. The minimum absolute atomic E-state index is 0.123. The third-order valence-corrected chi connectivity index (χ3v) is 5.92. The first-order valence-electron chi connectivity index (χ1n) is 8.40. The molecule has 1 amide bonds. The van der Waals surface area contributed by atoms with Crippen molar-refractivity contribution >= 4 is 28.6 Å². The zero-order valence-corrected chi connectivity index (χ0v) is 15.5. The van der Waals surface area contributed by atoms with E-state index in [-0.39, 0.29) is 11.3 Å². The Kier molecular flexibility index (Phi) is 4.51. The number of aromatic amines is 1. The molecule has 1 atom stereocenters. The summed E-state index contributed by atoms with van der Waals surface area (Å²) in [5.74, 6) is 2.05. The second kappa shape index (κ2) is 6.96. The van der Waals surface area contributed by atoms with Crippen molar-refractivity contribution in [1.29, 1.82) is 0 Å². The van der Waals surface area contributed by atoms with Gasteiger partial charge in [0, 0.05) is 23.6 Å². The maximum absolute atomic E-state index is 12.6. The fraction of sp³-hybridized carbons (Fsp3) is 0.250. The Morgan fingerprint density at radius 1 is 1.12 bits per heavy atom. The monoisotopic (exact) mass is 368 g/mol. The van der Waals surface area contributed by atoms with Gasteiger partial charge in [0.25, 0.3) is 0 Å². The van der Waals surface area contributed by atoms with Crippen LogP contribution < -0.4 is 9.47 Å². The minimum Gasteiger partial charge on any atom is -0.496 e. The second-order valence-electron chi connectivity index (χ2n) is 6.12. The summed E-state index contributed by atoms with van der Waals surface area (Å²) in [7, 11) is 3.29. The van der Waals surface area contributed by atoms with Gasteiger partial charge in [-0.1, -0.05) is 24.3 Å². The van der Waals surface area contributed by atoms with E-state index in [9.17, 15) is 4.79 Å². The number of carbonyl (C=O) groups is 1. The molecule has 1 fully saturated rings. The zero-order valence-electron chi connectivity index (χ0n) is 14.7. The van der Waals surface area contributed by atoms with Gasteiger partial charge < -0.3 is 19.4 Å². The van der Waals surface area contributed by atoms with E-state index >= 15 is 0 Å². The number of nitrogens with one attached hydrogen (secondary N) is 1. The Morgan fingerprint density at radius 2 is 1.85 bits per heavy atom. The highest BCUT2D eigenvalue weighted by atomic mass is 32.2. The van der Waals surface area contributed by atoms with Crippen LogP contribution in [0.5, 0.6) is 11.5 Å². The lowest BCUT2D eigenvalue weighted by Crippen LogP contribution is -2.28. The Morgan fingerprint density at radius 3 is 2.58 bits per heavy atom. The standard InChI is InChI=1S/C20H20N2O3S/c1-24-16-8-5-9-17(25-2)19(16)20-22(18(23)12-26-20)11-13-10-21-15-7-4-3-6-14(13)15/h3-10,20-21H,11-12H2,1-2H3. The Balaban J connectivity index is 1.73. The third kappa shape index (κ3) is 2.80. The normalized spacial score (nSPS) is 17.1. The van der Waals surface area contributed by atoms with Crippen LogP contribution >= 0.6 is 11.8 Å². The van der Waals surface area contributed by atoms with Gasteiger partial charge in [0.15, 0.2) is 0 Å². The number of hydrogen-bond acceptors (Lipinski definition) is 4. The smallest absolute Gasteiger partial charge is 0.234 e. The number of ether oxygens (including phenoxy) is 2. The number of fused-ring (bicyclic) bond motifs is 1. The maximum atomic E-state index is 12.6. The number of H-pyrrole nitrogens is 1. The van der Waals surface area contributed by atoms with Crippen molar-refractivity contribution in [3.8, 4) is 11.5 Å². The zero-order chi connectivity index (χ0) is 18.1. The Labute approximate surface area is 156 Å². The number of aromatic nitrogens is 1. The number of benzene rings is 2. The number of rotatable bonds is 5. The molecule has 1 aliphatic heterocycles. The summed E-state index contributed by atoms with van der Waals surface area (Å²) in [4.78, 5) is 17.8. The van der Waals surface area contributed by atoms with E-state index in [0.29, 0.717) is 12.3 Å². The van der Waals surface area contributed by atoms with Gasteiger partial charge in [-0.25, -0.2) is 0 Å². The van der Waals surface area contributed by atoms with Gasteiger partial charge in [0.2, 0.25) is 5.91 Å². The van der Waals surface area contributed by atoms with Gasteiger partial charge in [-0.15, -0.1) is 11.8 Å². The van der Waals surface area contributed by atoms with Crippen LogP contribution in [0.1, 0.15) is 16.5 Å². The molecule has 1 unspecified atom stereocenters. The highest BCUT2D eigenvalue weighted by Gasteiger charge is 2.36. The molecule has 1 aromatic heterocycles. The molecule has 0 aliphatic carbocycles. The van der Waals surface area contributed by atoms with Crippen molar-refractivity contribution in [1.82, 2.24) is 9.88 Å². The number of hydrogen-bond donors (Lipinski definition) is 1. The lowest BCUT2D eigenvalue weighted by Gasteiger charge is -2.26. The number of methoxy groups -OCH3 is 2. The summed E-state index contributed by atoms with van der Waals surface area (Å²) in [5, 5.41) is 1.00. The molecule has 134 valence electrons. The number of thioether (sulfide) groups is 1. The topological polar surface area (TPSA) is 54.6 Å². The predicted octanol–water partition coefficient (Wildman–Crippen LogP) is 3.96. The van der Waals surface area contributed by atoms with E-state index in [1.807, 2.05) is 47.5 Å². The summed E-state index contributed by atoms with van der Waals surface area (Å²) < 4.78 is 11.1. The summed E-state index contributed by atoms with van der Waals surface area (Å²) >= 11 is 1.60. The lowest BCUT2D eigenvalue weighted by molar-refractivity contribution is -0.128. The molecule has 1 saturated heterocycles. The van der Waals surface area contributed by atoms with E-state index in [4.69, 9.17) is 9.47 Å². The van der Waals surface area contributed by atoms with Crippen LogP contribution in [0.3, 0.4) is 0 Å². The molecule has 2 heterocycles. The fourth-order valence-corrected chi connectivity index (χ4v) is 4.67. The number of para-hydroxylation sites is 1. The second-order valence-corrected chi connectivity index (χ2v) is 7.19.